The average Bonchev–Trinajstić information content (AvgIpc) is 2.62. The van der Waals surface area contributed by atoms with Gasteiger partial charge in [-0.3, -0.25) is 4.79 Å². The largest absolute Gasteiger partial charge is 0.418 e. The summed E-state index contributed by atoms with van der Waals surface area (Å²) in [6.07, 6.45) is -1.44. The molecule has 1 aliphatic heterocycles. The van der Waals surface area contributed by atoms with Crippen molar-refractivity contribution in [3.8, 4) is 0 Å². The van der Waals surface area contributed by atoms with Crippen LogP contribution in [0.15, 0.2) is 24.3 Å². The molecule has 1 aliphatic rings. The number of carbonyl (C=O) groups is 1. The number of amides is 1. The number of piperidine rings is 1. The van der Waals surface area contributed by atoms with Crippen molar-refractivity contribution in [1.29, 1.82) is 0 Å². The quantitative estimate of drug-likeness (QED) is 0.814. The molecule has 0 atom stereocenters. The molecule has 1 saturated heterocycles. The second kappa shape index (κ2) is 7.72. The number of aromatic nitrogens is 2. The summed E-state index contributed by atoms with van der Waals surface area (Å²) in [5, 5.41) is 2.23. The molecule has 5 nitrogen and oxygen atoms in total. The molecule has 3 rings (SSSR count). The highest BCUT2D eigenvalue weighted by Crippen LogP contribution is 2.36. The number of nitrogens with zero attached hydrogens (tertiary/aromatic N) is 3. The summed E-state index contributed by atoms with van der Waals surface area (Å²) in [5.74, 6) is 0.265. The molecule has 144 valence electrons. The average molecular weight is 399 g/mol. The Morgan fingerprint density at radius 3 is 2.52 bits per heavy atom. The van der Waals surface area contributed by atoms with Crippen molar-refractivity contribution in [2.45, 2.75) is 32.4 Å². The van der Waals surface area contributed by atoms with E-state index < -0.39 is 17.6 Å². The van der Waals surface area contributed by atoms with Gasteiger partial charge in [0.05, 0.1) is 11.3 Å². The molecule has 0 unspecified atom stereocenters. The molecule has 27 heavy (non-hydrogen) atoms. The van der Waals surface area contributed by atoms with Crippen LogP contribution in [-0.2, 0) is 6.18 Å². The lowest BCUT2D eigenvalue weighted by Gasteiger charge is -2.28. The minimum absolute atomic E-state index is 0.0196. The number of carbonyl (C=O) groups excluding carboxylic acids is 1. The van der Waals surface area contributed by atoms with Crippen LogP contribution in [0.5, 0.6) is 0 Å². The first-order valence-corrected chi connectivity index (χ1v) is 8.90. The molecule has 0 aliphatic carbocycles. The lowest BCUT2D eigenvalue weighted by molar-refractivity contribution is -0.136. The molecular weight excluding hydrogens is 381 g/mol. The minimum atomic E-state index is -4.64. The standard InChI is InChI=1S/C18H18ClF3N4O/c1-11-23-15(10-16(24-11)26-7-3-2-4-8-26)17(27)25-14-6-5-12(19)9-13(14)18(20,21)22/h5-6,9-10H,2-4,7-8H2,1H3,(H,25,27). The maximum absolute atomic E-state index is 13.2. The van der Waals surface area contributed by atoms with Crippen molar-refractivity contribution in [1.82, 2.24) is 9.97 Å². The van der Waals surface area contributed by atoms with E-state index in [0.29, 0.717) is 11.6 Å². The number of anilines is 2. The van der Waals surface area contributed by atoms with Gasteiger partial charge in [-0.15, -0.1) is 0 Å². The van der Waals surface area contributed by atoms with E-state index in [0.717, 1.165) is 44.5 Å². The number of hydrogen-bond donors (Lipinski definition) is 1. The third-order valence-corrected chi connectivity index (χ3v) is 4.51. The summed E-state index contributed by atoms with van der Waals surface area (Å²) in [7, 11) is 0. The second-order valence-corrected chi connectivity index (χ2v) is 6.78. The van der Waals surface area contributed by atoms with Gasteiger partial charge in [0.25, 0.3) is 5.91 Å². The normalized spacial score (nSPS) is 14.9. The summed E-state index contributed by atoms with van der Waals surface area (Å²) in [4.78, 5) is 23.0. The molecular formula is C18H18ClF3N4O. The fraction of sp³-hybridized carbons (Fsp3) is 0.389. The topological polar surface area (TPSA) is 58.1 Å². The van der Waals surface area contributed by atoms with Crippen LogP contribution in [0.3, 0.4) is 0 Å². The zero-order chi connectivity index (χ0) is 19.6. The summed E-state index contributed by atoms with van der Waals surface area (Å²) >= 11 is 5.67. The molecule has 0 radical (unpaired) electrons. The van der Waals surface area contributed by atoms with Gasteiger partial charge in [-0.25, -0.2) is 9.97 Å². The summed E-state index contributed by atoms with van der Waals surface area (Å²) in [5.41, 5.74) is -1.36. The van der Waals surface area contributed by atoms with Crippen molar-refractivity contribution >= 4 is 29.0 Å². The number of halogens is 4. The first kappa shape index (κ1) is 19.4. The van der Waals surface area contributed by atoms with Crippen molar-refractivity contribution in [2.75, 3.05) is 23.3 Å². The minimum Gasteiger partial charge on any atom is -0.356 e. The molecule has 0 spiro atoms. The number of hydrogen-bond acceptors (Lipinski definition) is 4. The molecule has 2 aromatic rings. The van der Waals surface area contributed by atoms with Crippen LogP contribution in [0, 0.1) is 6.92 Å². The van der Waals surface area contributed by atoms with Gasteiger partial charge in [-0.1, -0.05) is 11.6 Å². The number of alkyl halides is 3. The van der Waals surface area contributed by atoms with Crippen LogP contribution in [-0.4, -0.2) is 29.0 Å². The Labute approximate surface area is 159 Å². The molecule has 0 saturated carbocycles. The van der Waals surface area contributed by atoms with Crippen LogP contribution in [0.4, 0.5) is 24.7 Å². The van der Waals surface area contributed by atoms with E-state index >= 15 is 0 Å². The fourth-order valence-electron chi connectivity index (χ4n) is 3.00. The van der Waals surface area contributed by atoms with E-state index in [-0.39, 0.29) is 16.4 Å². The van der Waals surface area contributed by atoms with Gasteiger partial charge >= 0.3 is 6.18 Å². The van der Waals surface area contributed by atoms with Crippen molar-refractivity contribution < 1.29 is 18.0 Å². The maximum Gasteiger partial charge on any atom is 0.418 e. The molecule has 9 heteroatoms. The van der Waals surface area contributed by atoms with Gasteiger partial charge < -0.3 is 10.2 Å². The molecule has 1 aromatic heterocycles. The van der Waals surface area contributed by atoms with Gasteiger partial charge in [-0.2, -0.15) is 13.2 Å². The van der Waals surface area contributed by atoms with Crippen LogP contribution in [0.2, 0.25) is 5.02 Å². The highest BCUT2D eigenvalue weighted by atomic mass is 35.5. The molecule has 1 N–H and O–H groups in total. The van der Waals surface area contributed by atoms with E-state index in [2.05, 4.69) is 20.2 Å². The Bertz CT molecular complexity index is 851. The highest BCUT2D eigenvalue weighted by molar-refractivity contribution is 6.30. The lowest BCUT2D eigenvalue weighted by Crippen LogP contribution is -2.31. The van der Waals surface area contributed by atoms with Gasteiger partial charge in [0.1, 0.15) is 17.3 Å². The Morgan fingerprint density at radius 2 is 1.85 bits per heavy atom. The van der Waals surface area contributed by atoms with Crippen LogP contribution < -0.4 is 10.2 Å². The number of nitrogens with one attached hydrogen (secondary N) is 1. The number of rotatable bonds is 3. The van der Waals surface area contributed by atoms with E-state index in [9.17, 15) is 18.0 Å². The van der Waals surface area contributed by atoms with Crippen LogP contribution in [0.25, 0.3) is 0 Å². The fourth-order valence-corrected chi connectivity index (χ4v) is 3.17. The van der Waals surface area contributed by atoms with Crippen LogP contribution in [0.1, 0.15) is 41.1 Å². The highest BCUT2D eigenvalue weighted by Gasteiger charge is 2.34. The molecule has 2 heterocycles. The molecule has 0 bridgehead atoms. The monoisotopic (exact) mass is 398 g/mol. The van der Waals surface area contributed by atoms with E-state index in [1.165, 1.54) is 12.1 Å². The zero-order valence-electron chi connectivity index (χ0n) is 14.6. The third-order valence-electron chi connectivity index (χ3n) is 4.27. The molecule has 1 amide bonds. The number of aryl methyl sites for hydroxylation is 1. The van der Waals surface area contributed by atoms with Gasteiger partial charge in [-0.05, 0) is 44.4 Å². The van der Waals surface area contributed by atoms with Gasteiger partial charge in [0.15, 0.2) is 0 Å². The predicted octanol–water partition coefficient (Wildman–Crippen LogP) is 4.70. The molecule has 1 fully saturated rings. The predicted molar refractivity (Wildman–Crippen MR) is 97.2 cm³/mol. The Hall–Kier alpha value is -2.35. The molecule has 1 aromatic carbocycles. The van der Waals surface area contributed by atoms with E-state index in [4.69, 9.17) is 11.6 Å². The Kier molecular flexibility index (Phi) is 5.55. The van der Waals surface area contributed by atoms with Crippen molar-refractivity contribution in [3.05, 3.63) is 46.4 Å². The first-order valence-electron chi connectivity index (χ1n) is 8.53. The van der Waals surface area contributed by atoms with Crippen molar-refractivity contribution in [2.24, 2.45) is 0 Å². The smallest absolute Gasteiger partial charge is 0.356 e. The second-order valence-electron chi connectivity index (χ2n) is 6.35. The third kappa shape index (κ3) is 4.68. The Balaban J connectivity index is 1.88. The van der Waals surface area contributed by atoms with Crippen molar-refractivity contribution in [3.63, 3.8) is 0 Å². The zero-order valence-corrected chi connectivity index (χ0v) is 15.4. The van der Waals surface area contributed by atoms with E-state index in [1.54, 1.807) is 6.92 Å². The Morgan fingerprint density at radius 1 is 1.15 bits per heavy atom. The first-order chi connectivity index (χ1) is 12.7. The van der Waals surface area contributed by atoms with Gasteiger partial charge in [0.2, 0.25) is 0 Å². The summed E-state index contributed by atoms with van der Waals surface area (Å²) < 4.78 is 39.6. The van der Waals surface area contributed by atoms with Gasteiger partial charge in [0, 0.05) is 24.2 Å². The summed E-state index contributed by atoms with van der Waals surface area (Å²) in [6, 6.07) is 4.71. The maximum atomic E-state index is 13.2. The summed E-state index contributed by atoms with van der Waals surface area (Å²) in [6.45, 7) is 3.30. The van der Waals surface area contributed by atoms with E-state index in [1.807, 2.05) is 0 Å². The number of benzene rings is 1. The lowest BCUT2D eigenvalue weighted by atomic mass is 10.1. The van der Waals surface area contributed by atoms with Crippen LogP contribution >= 0.6 is 11.6 Å². The SMILES string of the molecule is Cc1nc(C(=O)Nc2ccc(Cl)cc2C(F)(F)F)cc(N2CCCCC2)n1.